The largest absolute Gasteiger partial charge is 0.507 e. The number of carbonyl (C=O) groups is 2. The zero-order valence-corrected chi connectivity index (χ0v) is 18.9. The molecule has 3 aromatic rings. The van der Waals surface area contributed by atoms with Crippen LogP contribution in [-0.4, -0.2) is 32.7 Å². The van der Waals surface area contributed by atoms with E-state index in [2.05, 4.69) is 0 Å². The van der Waals surface area contributed by atoms with E-state index in [1.165, 1.54) is 23.1 Å². The maximum absolute atomic E-state index is 13.2. The van der Waals surface area contributed by atoms with Crippen molar-refractivity contribution in [3.8, 4) is 5.75 Å². The lowest BCUT2D eigenvalue weighted by Crippen LogP contribution is -2.29. The van der Waals surface area contributed by atoms with Gasteiger partial charge in [0.05, 0.1) is 16.5 Å². The first kappa shape index (κ1) is 22.3. The molecule has 1 N–H and O–H groups in total. The van der Waals surface area contributed by atoms with Crippen LogP contribution in [0.4, 0.5) is 5.69 Å². The third-order valence-electron chi connectivity index (χ3n) is 6.30. The number of nitrogens with zero attached hydrogens (tertiary/aromatic N) is 2. The van der Waals surface area contributed by atoms with Crippen molar-refractivity contribution >= 4 is 23.1 Å². The highest BCUT2D eigenvalue weighted by atomic mass is 16.6. The zero-order valence-electron chi connectivity index (χ0n) is 18.9. The summed E-state index contributed by atoms with van der Waals surface area (Å²) in [6, 6.07) is 19.1. The average molecular weight is 470 g/mol. The molecule has 5 rings (SSSR count). The fourth-order valence-electron chi connectivity index (χ4n) is 4.70. The molecule has 1 fully saturated rings. The molecule has 0 saturated carbocycles. The number of hydrogen-bond donors (Lipinski definition) is 1. The summed E-state index contributed by atoms with van der Waals surface area (Å²) in [6.45, 7) is 2.04. The Morgan fingerprint density at radius 2 is 1.86 bits per heavy atom. The third-order valence-corrected chi connectivity index (χ3v) is 6.30. The van der Waals surface area contributed by atoms with Crippen LogP contribution < -0.4 is 4.74 Å². The second-order valence-electron chi connectivity index (χ2n) is 8.72. The molecule has 0 bridgehead atoms. The minimum absolute atomic E-state index is 0.00344. The van der Waals surface area contributed by atoms with Gasteiger partial charge in [-0.25, -0.2) is 0 Å². The predicted molar refractivity (Wildman–Crippen MR) is 128 cm³/mol. The molecule has 8 nitrogen and oxygen atoms in total. The van der Waals surface area contributed by atoms with Crippen LogP contribution in [0.5, 0.6) is 5.75 Å². The quantitative estimate of drug-likeness (QED) is 0.193. The number of hydrogen-bond acceptors (Lipinski definition) is 6. The van der Waals surface area contributed by atoms with Gasteiger partial charge in [-0.3, -0.25) is 19.7 Å². The van der Waals surface area contributed by atoms with E-state index in [1.807, 2.05) is 37.3 Å². The lowest BCUT2D eigenvalue weighted by molar-refractivity contribution is -0.384. The maximum Gasteiger partial charge on any atom is 0.295 e. The van der Waals surface area contributed by atoms with Crippen molar-refractivity contribution in [2.24, 2.45) is 0 Å². The smallest absolute Gasteiger partial charge is 0.295 e. The summed E-state index contributed by atoms with van der Waals surface area (Å²) in [4.78, 5) is 38.6. The number of fused-ring (bicyclic) bond motifs is 1. The van der Waals surface area contributed by atoms with Crippen LogP contribution in [0.25, 0.3) is 5.76 Å². The highest BCUT2D eigenvalue weighted by Crippen LogP contribution is 2.42. The lowest BCUT2D eigenvalue weighted by atomic mass is 9.94. The van der Waals surface area contributed by atoms with E-state index < -0.39 is 22.7 Å². The Bertz CT molecular complexity index is 1380. The second-order valence-corrected chi connectivity index (χ2v) is 8.72. The van der Waals surface area contributed by atoms with Gasteiger partial charge in [0.1, 0.15) is 17.6 Å². The predicted octanol–water partition coefficient (Wildman–Crippen LogP) is 4.54. The highest BCUT2D eigenvalue weighted by Gasteiger charge is 2.46. The summed E-state index contributed by atoms with van der Waals surface area (Å²) in [7, 11) is 0. The molecule has 8 heteroatoms. The summed E-state index contributed by atoms with van der Waals surface area (Å²) >= 11 is 0. The molecular formula is C27H22N2O6. The molecule has 2 unspecified atom stereocenters. The molecule has 35 heavy (non-hydrogen) atoms. The van der Waals surface area contributed by atoms with E-state index in [9.17, 15) is 24.8 Å². The molecule has 0 radical (unpaired) electrons. The molecule has 1 amide bonds. The number of carbonyl (C=O) groups excluding carboxylic acids is 2. The lowest BCUT2D eigenvalue weighted by Gasteiger charge is -2.25. The van der Waals surface area contributed by atoms with Crippen LogP contribution in [0.1, 0.15) is 35.2 Å². The van der Waals surface area contributed by atoms with Gasteiger partial charge in [0.25, 0.3) is 17.4 Å². The number of ketones is 1. The van der Waals surface area contributed by atoms with E-state index in [-0.39, 0.29) is 29.7 Å². The number of benzene rings is 3. The normalized spacial score (nSPS) is 20.5. The van der Waals surface area contributed by atoms with Crippen LogP contribution in [0.2, 0.25) is 0 Å². The molecule has 2 aliphatic heterocycles. The number of nitro groups is 1. The van der Waals surface area contributed by atoms with Crippen molar-refractivity contribution in [2.45, 2.75) is 32.0 Å². The molecule has 2 aliphatic rings. The summed E-state index contributed by atoms with van der Waals surface area (Å²) in [6.07, 6.45) is 0.663. The fourth-order valence-corrected chi connectivity index (χ4v) is 4.70. The van der Waals surface area contributed by atoms with E-state index in [4.69, 9.17) is 4.74 Å². The number of aliphatic hydroxyl groups is 1. The summed E-state index contributed by atoms with van der Waals surface area (Å²) in [5.41, 5.74) is 2.17. The number of nitro benzene ring substituents is 1. The van der Waals surface area contributed by atoms with Gasteiger partial charge in [0, 0.05) is 30.7 Å². The monoisotopic (exact) mass is 470 g/mol. The van der Waals surface area contributed by atoms with Crippen molar-refractivity contribution in [2.75, 3.05) is 0 Å². The molecule has 0 spiro atoms. The van der Waals surface area contributed by atoms with Gasteiger partial charge >= 0.3 is 0 Å². The Morgan fingerprint density at radius 3 is 2.60 bits per heavy atom. The van der Waals surface area contributed by atoms with E-state index in [0.29, 0.717) is 23.3 Å². The minimum atomic E-state index is -0.987. The van der Waals surface area contributed by atoms with Gasteiger partial charge in [-0.15, -0.1) is 0 Å². The Kier molecular flexibility index (Phi) is 5.56. The van der Waals surface area contributed by atoms with Gasteiger partial charge in [-0.05, 0) is 41.8 Å². The Hall–Kier alpha value is -4.46. The molecule has 1 saturated heterocycles. The number of aliphatic hydroxyl groups excluding tert-OH is 1. The van der Waals surface area contributed by atoms with Crippen LogP contribution in [0.15, 0.2) is 78.4 Å². The average Bonchev–Trinajstić information content (AvgIpc) is 3.35. The standard InChI is InChI=1S/C27H22N2O6/c1-16-12-20-13-19(10-11-22(20)35-16)25(30)23-24(18-8-5-9-21(14-18)29(33)34)28(27(32)26(23)31)15-17-6-3-2-4-7-17/h2-11,13-14,16,24,30H,12,15H2,1H3. The van der Waals surface area contributed by atoms with Crippen molar-refractivity contribution in [1.82, 2.24) is 4.90 Å². The van der Waals surface area contributed by atoms with Gasteiger partial charge < -0.3 is 14.7 Å². The zero-order chi connectivity index (χ0) is 24.7. The first-order chi connectivity index (χ1) is 16.8. The van der Waals surface area contributed by atoms with Gasteiger partial charge in [0.2, 0.25) is 0 Å². The number of amides is 1. The first-order valence-corrected chi connectivity index (χ1v) is 11.2. The Balaban J connectivity index is 1.65. The molecule has 3 aromatic carbocycles. The van der Waals surface area contributed by atoms with E-state index >= 15 is 0 Å². The fraction of sp³-hybridized carbons (Fsp3) is 0.185. The van der Waals surface area contributed by atoms with Gasteiger partial charge in [-0.1, -0.05) is 42.5 Å². The van der Waals surface area contributed by atoms with Crippen molar-refractivity contribution in [1.29, 1.82) is 0 Å². The highest BCUT2D eigenvalue weighted by molar-refractivity contribution is 6.46. The minimum Gasteiger partial charge on any atom is -0.507 e. The SMILES string of the molecule is CC1Cc2cc(C(O)=C3C(=O)C(=O)N(Cc4ccccc4)C3c3cccc([N+](=O)[O-])c3)ccc2O1. The topological polar surface area (TPSA) is 110 Å². The third kappa shape index (κ3) is 4.03. The molecule has 2 atom stereocenters. The van der Waals surface area contributed by atoms with Crippen LogP contribution >= 0.6 is 0 Å². The van der Waals surface area contributed by atoms with Crippen molar-refractivity contribution < 1.29 is 24.4 Å². The number of Topliss-reactive ketones (excluding diaryl/α,β-unsaturated/α-hetero) is 1. The molecule has 2 heterocycles. The molecule has 0 aromatic heterocycles. The number of ether oxygens (including phenoxy) is 1. The van der Waals surface area contributed by atoms with Crippen LogP contribution in [0.3, 0.4) is 0 Å². The van der Waals surface area contributed by atoms with Crippen LogP contribution in [0, 0.1) is 10.1 Å². The summed E-state index contributed by atoms with van der Waals surface area (Å²) in [5.74, 6) is -1.21. The molecule has 0 aliphatic carbocycles. The second kappa shape index (κ2) is 8.72. The maximum atomic E-state index is 13.2. The van der Waals surface area contributed by atoms with E-state index in [1.54, 1.807) is 24.3 Å². The Morgan fingerprint density at radius 1 is 1.09 bits per heavy atom. The van der Waals surface area contributed by atoms with Gasteiger partial charge in [0.15, 0.2) is 0 Å². The number of rotatable bonds is 5. The molecular weight excluding hydrogens is 448 g/mol. The summed E-state index contributed by atoms with van der Waals surface area (Å²) in [5, 5.41) is 22.7. The number of likely N-dealkylation sites (tertiary alicyclic amines) is 1. The van der Waals surface area contributed by atoms with Crippen molar-refractivity contribution in [3.05, 3.63) is 111 Å². The number of non-ortho nitro benzene ring substituents is 1. The van der Waals surface area contributed by atoms with E-state index in [0.717, 1.165) is 11.1 Å². The summed E-state index contributed by atoms with van der Waals surface area (Å²) < 4.78 is 5.72. The van der Waals surface area contributed by atoms with Crippen LogP contribution in [-0.2, 0) is 22.6 Å². The first-order valence-electron chi connectivity index (χ1n) is 11.2. The van der Waals surface area contributed by atoms with Crippen molar-refractivity contribution in [3.63, 3.8) is 0 Å². The Labute approximate surface area is 201 Å². The molecule has 176 valence electrons. The van der Waals surface area contributed by atoms with Gasteiger partial charge in [-0.2, -0.15) is 0 Å².